The van der Waals surface area contributed by atoms with Gasteiger partial charge in [-0.3, -0.25) is 19.5 Å². The van der Waals surface area contributed by atoms with Crippen LogP contribution in [-0.2, 0) is 16.1 Å². The monoisotopic (exact) mass is 642 g/mol. The van der Waals surface area contributed by atoms with Gasteiger partial charge in [0.25, 0.3) is 5.91 Å². The Morgan fingerprint density at radius 1 is 1.14 bits per heavy atom. The van der Waals surface area contributed by atoms with Crippen molar-refractivity contribution in [3.05, 3.63) is 87.5 Å². The lowest BCUT2D eigenvalue weighted by atomic mass is 10.0. The quantitative estimate of drug-likeness (QED) is 0.163. The van der Waals surface area contributed by atoms with Crippen LogP contribution in [0.5, 0.6) is 0 Å². The van der Waals surface area contributed by atoms with E-state index in [1.807, 2.05) is 6.07 Å². The zero-order chi connectivity index (χ0) is 31.5. The van der Waals surface area contributed by atoms with Gasteiger partial charge >= 0.3 is 0 Å². The van der Waals surface area contributed by atoms with E-state index in [0.717, 1.165) is 5.56 Å². The third-order valence-electron chi connectivity index (χ3n) is 7.49. The van der Waals surface area contributed by atoms with Gasteiger partial charge in [-0.05, 0) is 41.0 Å². The van der Waals surface area contributed by atoms with Gasteiger partial charge in [-0.15, -0.1) is 0 Å². The number of β-amino-alcohol motifs (C(OH)–C–C–N with tert-alkyl or cyclic N) is 1. The number of aliphatic hydroxyl groups is 2. The van der Waals surface area contributed by atoms with E-state index >= 15 is 0 Å². The number of aliphatic hydroxyl groups excluding tert-OH is 2. The van der Waals surface area contributed by atoms with Crippen LogP contribution in [-0.4, -0.2) is 73.3 Å². The van der Waals surface area contributed by atoms with Crippen molar-refractivity contribution in [2.45, 2.75) is 38.1 Å². The Morgan fingerprint density at radius 3 is 2.64 bits per heavy atom. The molecule has 3 heterocycles. The first-order valence-corrected chi connectivity index (χ1v) is 14.4. The number of hydrogen-bond acceptors (Lipinski definition) is 6. The molecule has 0 bridgehead atoms. The van der Waals surface area contributed by atoms with Gasteiger partial charge in [0.2, 0.25) is 11.8 Å². The van der Waals surface area contributed by atoms with Crippen molar-refractivity contribution in [3.63, 3.8) is 0 Å². The maximum absolute atomic E-state index is 13.6. The van der Waals surface area contributed by atoms with E-state index in [1.54, 1.807) is 30.6 Å². The molecular weight excluding hydrogens is 614 g/mol. The number of benzene rings is 2. The van der Waals surface area contributed by atoms with Crippen molar-refractivity contribution in [3.8, 4) is 22.4 Å². The van der Waals surface area contributed by atoms with Crippen molar-refractivity contribution >= 4 is 40.9 Å². The lowest BCUT2D eigenvalue weighted by Gasteiger charge is -2.22. The van der Waals surface area contributed by atoms with Crippen molar-refractivity contribution < 1.29 is 29.0 Å². The number of carbonyl (C=O) groups excluding carboxylic acids is 3. The first-order chi connectivity index (χ1) is 21.0. The molecule has 6 N–H and O–H groups in total. The molecule has 0 unspecified atom stereocenters. The number of likely N-dealkylation sites (tertiary alicyclic amines) is 1. The van der Waals surface area contributed by atoms with Crippen LogP contribution in [0.2, 0.25) is 10.0 Å². The Bertz CT molecular complexity index is 1710. The lowest BCUT2D eigenvalue weighted by molar-refractivity contribution is -0.137. The number of aromatic amines is 2. The fraction of sp³-hybridized carbons (Fsp3) is 0.267. The summed E-state index contributed by atoms with van der Waals surface area (Å²) in [5, 5.41) is 32.6. The molecule has 2 aromatic carbocycles. The maximum Gasteiger partial charge on any atom is 0.268 e. The molecule has 230 valence electrons. The summed E-state index contributed by atoms with van der Waals surface area (Å²) in [5.41, 5.74) is 4.01. The van der Waals surface area contributed by atoms with Crippen molar-refractivity contribution in [2.24, 2.45) is 0 Å². The smallest absolute Gasteiger partial charge is 0.268 e. The summed E-state index contributed by atoms with van der Waals surface area (Å²) in [6, 6.07) is 9.36. The molecule has 4 aromatic rings. The molecule has 3 amide bonds. The predicted molar refractivity (Wildman–Crippen MR) is 161 cm³/mol. The van der Waals surface area contributed by atoms with Gasteiger partial charge in [0.05, 0.1) is 35.7 Å². The van der Waals surface area contributed by atoms with Crippen LogP contribution in [0.3, 0.4) is 0 Å². The molecule has 11 nitrogen and oxygen atoms in total. The van der Waals surface area contributed by atoms with Crippen LogP contribution >= 0.6 is 23.2 Å². The molecule has 1 aliphatic heterocycles. The van der Waals surface area contributed by atoms with E-state index in [4.69, 9.17) is 23.2 Å². The molecule has 3 atom stereocenters. The van der Waals surface area contributed by atoms with Crippen molar-refractivity contribution in [1.82, 2.24) is 30.7 Å². The van der Waals surface area contributed by atoms with E-state index in [-0.39, 0.29) is 42.0 Å². The summed E-state index contributed by atoms with van der Waals surface area (Å²) >= 11 is 12.4. The number of amides is 3. The van der Waals surface area contributed by atoms with Gasteiger partial charge in [-0.25, -0.2) is 4.39 Å². The van der Waals surface area contributed by atoms with Crippen molar-refractivity contribution in [1.29, 1.82) is 0 Å². The summed E-state index contributed by atoms with van der Waals surface area (Å²) in [6.45, 7) is 1.19. The number of halogens is 3. The summed E-state index contributed by atoms with van der Waals surface area (Å²) in [4.78, 5) is 41.8. The van der Waals surface area contributed by atoms with Gasteiger partial charge < -0.3 is 30.7 Å². The third-order valence-corrected chi connectivity index (χ3v) is 8.13. The molecule has 1 saturated heterocycles. The number of nitrogens with one attached hydrogen (secondary N) is 4. The van der Waals surface area contributed by atoms with Crippen LogP contribution in [0.25, 0.3) is 22.4 Å². The minimum Gasteiger partial charge on any atom is -0.394 e. The second-order valence-corrected chi connectivity index (χ2v) is 11.3. The molecular formula is C30H29Cl2FN6O5. The molecule has 44 heavy (non-hydrogen) atoms. The minimum absolute atomic E-state index is 0.118. The SMILES string of the molecule is CC(=O)N1C[C@H](O)C[C@H]1C(=O)NCc1ccc(-c2cn[nH]c2-c2c[nH]c(C(=O)N[C@H](CO)c3ccc(F)c(Cl)c3)c2)cc1Cl. The minimum atomic E-state index is -0.807. The summed E-state index contributed by atoms with van der Waals surface area (Å²) in [7, 11) is 0. The highest BCUT2D eigenvalue weighted by Gasteiger charge is 2.37. The van der Waals surface area contributed by atoms with Crippen LogP contribution in [0.4, 0.5) is 4.39 Å². The Hall–Kier alpha value is -4.23. The summed E-state index contributed by atoms with van der Waals surface area (Å²) < 4.78 is 13.6. The Balaban J connectivity index is 1.27. The fourth-order valence-electron chi connectivity index (χ4n) is 5.16. The highest BCUT2D eigenvalue weighted by Crippen LogP contribution is 2.33. The highest BCUT2D eigenvalue weighted by atomic mass is 35.5. The number of carbonyl (C=O) groups is 3. The number of nitrogens with zero attached hydrogens (tertiary/aromatic N) is 2. The molecule has 1 fully saturated rings. The van der Waals surface area contributed by atoms with E-state index < -0.39 is 36.5 Å². The van der Waals surface area contributed by atoms with E-state index in [1.165, 1.54) is 30.0 Å². The molecule has 0 spiro atoms. The van der Waals surface area contributed by atoms with E-state index in [2.05, 4.69) is 25.8 Å². The number of aromatic nitrogens is 3. The topological polar surface area (TPSA) is 163 Å². The van der Waals surface area contributed by atoms with Gasteiger partial charge in [-0.1, -0.05) is 41.4 Å². The molecule has 1 aliphatic rings. The fourth-order valence-corrected chi connectivity index (χ4v) is 5.60. The lowest BCUT2D eigenvalue weighted by Crippen LogP contribution is -2.44. The Labute approximate surface area is 261 Å². The van der Waals surface area contributed by atoms with E-state index in [9.17, 15) is 29.0 Å². The summed E-state index contributed by atoms with van der Waals surface area (Å²) in [6.07, 6.45) is 2.68. The molecule has 2 aromatic heterocycles. The molecule has 0 aliphatic carbocycles. The zero-order valence-corrected chi connectivity index (χ0v) is 24.9. The first kappa shape index (κ1) is 31.2. The van der Waals surface area contributed by atoms with Crippen LogP contribution in [0.1, 0.15) is 41.0 Å². The maximum atomic E-state index is 13.6. The largest absolute Gasteiger partial charge is 0.394 e. The third kappa shape index (κ3) is 6.63. The molecule has 14 heteroatoms. The van der Waals surface area contributed by atoms with Gasteiger partial charge in [0, 0.05) is 48.8 Å². The average molecular weight is 644 g/mol. The van der Waals surface area contributed by atoms with E-state index in [0.29, 0.717) is 33.0 Å². The Morgan fingerprint density at radius 2 is 1.93 bits per heavy atom. The first-order valence-electron chi connectivity index (χ1n) is 13.7. The highest BCUT2D eigenvalue weighted by molar-refractivity contribution is 6.31. The van der Waals surface area contributed by atoms with Crippen LogP contribution in [0.15, 0.2) is 54.9 Å². The van der Waals surface area contributed by atoms with Crippen LogP contribution in [0, 0.1) is 5.82 Å². The second kappa shape index (κ2) is 13.2. The zero-order valence-electron chi connectivity index (χ0n) is 23.4. The summed E-state index contributed by atoms with van der Waals surface area (Å²) in [5.74, 6) is -1.74. The average Bonchev–Trinajstić information content (AvgIpc) is 3.76. The van der Waals surface area contributed by atoms with Crippen LogP contribution < -0.4 is 10.6 Å². The second-order valence-electron chi connectivity index (χ2n) is 10.4. The van der Waals surface area contributed by atoms with Gasteiger partial charge in [-0.2, -0.15) is 5.10 Å². The normalized spacial score (nSPS) is 17.0. The van der Waals surface area contributed by atoms with Gasteiger partial charge in [0.15, 0.2) is 0 Å². The standard InChI is InChI=1S/C30H29Cl2FN6O5/c1-15(41)39-13-20(42)9-27(39)30(44)35-10-18-3-2-16(6-22(18)31)21-12-36-38-28(21)19-8-25(34-11-19)29(43)37-26(14-40)17-4-5-24(33)23(32)7-17/h2-8,11-12,20,26-27,34,40,42H,9-10,13-14H2,1H3,(H,35,44)(H,36,38)(H,37,43)/t20-,26-,27+/m1/s1. The molecule has 0 radical (unpaired) electrons. The number of hydrogen-bond donors (Lipinski definition) is 6. The molecule has 0 saturated carbocycles. The Kier molecular flexibility index (Phi) is 9.35. The van der Waals surface area contributed by atoms with Crippen molar-refractivity contribution in [2.75, 3.05) is 13.2 Å². The molecule has 5 rings (SSSR count). The van der Waals surface area contributed by atoms with Gasteiger partial charge in [0.1, 0.15) is 17.6 Å². The number of H-pyrrole nitrogens is 2. The predicted octanol–water partition coefficient (Wildman–Crippen LogP) is 3.58. The number of rotatable bonds is 9.